The number of carbonyl (C=O) groups is 1. The molecule has 3 aromatic rings. The van der Waals surface area contributed by atoms with Crippen LogP contribution in [0.1, 0.15) is 22.8 Å². The first kappa shape index (κ1) is 13.4. The quantitative estimate of drug-likeness (QED) is 0.702. The summed E-state index contributed by atoms with van der Waals surface area (Å²) >= 11 is 0. The van der Waals surface area contributed by atoms with Gasteiger partial charge in [0.05, 0.1) is 0 Å². The highest BCUT2D eigenvalue weighted by atomic mass is 16.1. The SMILES string of the molecule is CC(=O)c1ccccc1NCc1cccc2ccccc12. The van der Waals surface area contributed by atoms with Crippen LogP contribution < -0.4 is 5.32 Å². The van der Waals surface area contributed by atoms with Gasteiger partial charge in [0, 0.05) is 17.8 Å². The van der Waals surface area contributed by atoms with Gasteiger partial charge in [-0.15, -0.1) is 0 Å². The Morgan fingerprint density at radius 2 is 1.62 bits per heavy atom. The molecule has 3 rings (SSSR count). The van der Waals surface area contributed by atoms with Gasteiger partial charge in [-0.25, -0.2) is 0 Å². The van der Waals surface area contributed by atoms with Crippen LogP contribution in [-0.2, 0) is 6.54 Å². The van der Waals surface area contributed by atoms with Crippen molar-refractivity contribution < 1.29 is 4.79 Å². The first-order valence-electron chi connectivity index (χ1n) is 7.06. The van der Waals surface area contributed by atoms with Gasteiger partial charge in [0.2, 0.25) is 0 Å². The number of Topliss-reactive ketones (excluding diaryl/α,β-unsaturated/α-hetero) is 1. The zero-order valence-electron chi connectivity index (χ0n) is 12.0. The summed E-state index contributed by atoms with van der Waals surface area (Å²) in [7, 11) is 0. The third-order valence-electron chi connectivity index (χ3n) is 3.66. The molecule has 0 fully saturated rings. The minimum absolute atomic E-state index is 0.0796. The van der Waals surface area contributed by atoms with E-state index < -0.39 is 0 Å². The number of fused-ring (bicyclic) bond motifs is 1. The Morgan fingerprint density at radius 3 is 2.48 bits per heavy atom. The van der Waals surface area contributed by atoms with Crippen LogP contribution in [0.4, 0.5) is 5.69 Å². The second-order valence-corrected chi connectivity index (χ2v) is 5.09. The lowest BCUT2D eigenvalue weighted by Crippen LogP contribution is -2.05. The van der Waals surface area contributed by atoms with Gasteiger partial charge < -0.3 is 5.32 Å². The third kappa shape index (κ3) is 2.79. The Bertz CT molecular complexity index is 787. The van der Waals surface area contributed by atoms with Crippen molar-refractivity contribution in [1.29, 1.82) is 0 Å². The molecule has 21 heavy (non-hydrogen) atoms. The van der Waals surface area contributed by atoms with Crippen LogP contribution in [0.3, 0.4) is 0 Å². The van der Waals surface area contributed by atoms with E-state index in [1.54, 1.807) is 6.92 Å². The smallest absolute Gasteiger partial charge is 0.161 e. The van der Waals surface area contributed by atoms with Gasteiger partial charge in [-0.2, -0.15) is 0 Å². The summed E-state index contributed by atoms with van der Waals surface area (Å²) in [4.78, 5) is 11.6. The topological polar surface area (TPSA) is 29.1 Å². The van der Waals surface area contributed by atoms with Crippen LogP contribution in [-0.4, -0.2) is 5.78 Å². The monoisotopic (exact) mass is 275 g/mol. The molecule has 0 aliphatic heterocycles. The minimum Gasteiger partial charge on any atom is -0.380 e. The molecule has 2 nitrogen and oxygen atoms in total. The lowest BCUT2D eigenvalue weighted by Gasteiger charge is -2.12. The molecule has 104 valence electrons. The van der Waals surface area contributed by atoms with Crippen LogP contribution in [0.2, 0.25) is 0 Å². The van der Waals surface area contributed by atoms with E-state index in [1.165, 1.54) is 16.3 Å². The average molecular weight is 275 g/mol. The average Bonchev–Trinajstić information content (AvgIpc) is 2.53. The number of rotatable bonds is 4. The predicted octanol–water partition coefficient (Wildman–Crippen LogP) is 4.65. The Balaban J connectivity index is 1.89. The molecule has 0 heterocycles. The molecule has 0 radical (unpaired) electrons. The number of anilines is 1. The number of benzene rings is 3. The maximum Gasteiger partial charge on any atom is 0.161 e. The molecular formula is C19H17NO. The fraction of sp³-hybridized carbons (Fsp3) is 0.105. The second kappa shape index (κ2) is 5.80. The molecule has 0 bridgehead atoms. The molecule has 3 aromatic carbocycles. The zero-order chi connectivity index (χ0) is 14.7. The number of para-hydroxylation sites is 1. The van der Waals surface area contributed by atoms with Crippen molar-refractivity contribution in [2.24, 2.45) is 0 Å². The van der Waals surface area contributed by atoms with Crippen LogP contribution in [0.25, 0.3) is 10.8 Å². The Kier molecular flexibility index (Phi) is 3.69. The summed E-state index contributed by atoms with van der Waals surface area (Å²) in [6, 6.07) is 22.3. The van der Waals surface area contributed by atoms with Crippen LogP contribution in [0, 0.1) is 0 Å². The molecule has 2 heteroatoms. The van der Waals surface area contributed by atoms with Gasteiger partial charge in [-0.1, -0.05) is 54.6 Å². The standard InChI is InChI=1S/C19H17NO/c1-14(21)17-10-4-5-12-19(17)20-13-16-9-6-8-15-7-2-3-11-18(15)16/h2-12,20H,13H2,1H3. The number of hydrogen-bond acceptors (Lipinski definition) is 2. The van der Waals surface area contributed by atoms with Crippen molar-refractivity contribution in [1.82, 2.24) is 0 Å². The largest absolute Gasteiger partial charge is 0.380 e. The number of ketones is 1. The summed E-state index contributed by atoms with van der Waals surface area (Å²) in [6.07, 6.45) is 0. The summed E-state index contributed by atoms with van der Waals surface area (Å²) in [6.45, 7) is 2.30. The molecule has 0 spiro atoms. The minimum atomic E-state index is 0.0796. The summed E-state index contributed by atoms with van der Waals surface area (Å²) in [5.41, 5.74) is 2.85. The van der Waals surface area contributed by atoms with Crippen molar-refractivity contribution in [3.05, 3.63) is 77.9 Å². The van der Waals surface area contributed by atoms with Crippen molar-refractivity contribution in [2.75, 3.05) is 5.32 Å². The molecule has 0 unspecified atom stereocenters. The lowest BCUT2D eigenvalue weighted by atomic mass is 10.0. The second-order valence-electron chi connectivity index (χ2n) is 5.09. The fourth-order valence-electron chi connectivity index (χ4n) is 2.58. The Labute approximate surface area is 124 Å². The maximum absolute atomic E-state index is 11.6. The molecule has 0 atom stereocenters. The molecule has 0 saturated heterocycles. The molecule has 0 aromatic heterocycles. The summed E-state index contributed by atoms with van der Waals surface area (Å²) < 4.78 is 0. The van der Waals surface area contributed by atoms with Crippen molar-refractivity contribution in [3.63, 3.8) is 0 Å². The number of carbonyl (C=O) groups excluding carboxylic acids is 1. The highest BCUT2D eigenvalue weighted by molar-refractivity contribution is 5.99. The van der Waals surface area contributed by atoms with Crippen molar-refractivity contribution in [3.8, 4) is 0 Å². The zero-order valence-corrected chi connectivity index (χ0v) is 12.0. The molecule has 0 aliphatic carbocycles. The van der Waals surface area contributed by atoms with E-state index in [1.807, 2.05) is 30.3 Å². The van der Waals surface area contributed by atoms with E-state index in [0.29, 0.717) is 6.54 Å². The summed E-state index contributed by atoms with van der Waals surface area (Å²) in [5.74, 6) is 0.0796. The first-order valence-corrected chi connectivity index (χ1v) is 7.06. The van der Waals surface area contributed by atoms with Crippen molar-refractivity contribution >= 4 is 22.2 Å². The molecule has 0 saturated carbocycles. The van der Waals surface area contributed by atoms with E-state index in [9.17, 15) is 4.79 Å². The molecule has 0 amide bonds. The maximum atomic E-state index is 11.6. The van der Waals surface area contributed by atoms with E-state index in [-0.39, 0.29) is 5.78 Å². The highest BCUT2D eigenvalue weighted by Crippen LogP contribution is 2.21. The number of hydrogen-bond donors (Lipinski definition) is 1. The van der Waals surface area contributed by atoms with Crippen LogP contribution in [0.5, 0.6) is 0 Å². The van der Waals surface area contributed by atoms with E-state index in [2.05, 4.69) is 41.7 Å². The van der Waals surface area contributed by atoms with Crippen LogP contribution in [0.15, 0.2) is 66.7 Å². The van der Waals surface area contributed by atoms with Gasteiger partial charge in [0.1, 0.15) is 0 Å². The van der Waals surface area contributed by atoms with E-state index in [4.69, 9.17) is 0 Å². The Morgan fingerprint density at radius 1 is 0.905 bits per heavy atom. The van der Waals surface area contributed by atoms with E-state index >= 15 is 0 Å². The third-order valence-corrected chi connectivity index (χ3v) is 3.66. The Hall–Kier alpha value is -2.61. The molecule has 0 aliphatic rings. The van der Waals surface area contributed by atoms with Gasteiger partial charge in [0.15, 0.2) is 5.78 Å². The fourth-order valence-corrected chi connectivity index (χ4v) is 2.58. The summed E-state index contributed by atoms with van der Waals surface area (Å²) in [5, 5.41) is 5.86. The van der Waals surface area contributed by atoms with Crippen LogP contribution >= 0.6 is 0 Å². The van der Waals surface area contributed by atoms with Gasteiger partial charge in [-0.05, 0) is 35.4 Å². The number of nitrogens with one attached hydrogen (secondary N) is 1. The van der Waals surface area contributed by atoms with Crippen molar-refractivity contribution in [2.45, 2.75) is 13.5 Å². The molecule has 1 N–H and O–H groups in total. The van der Waals surface area contributed by atoms with Gasteiger partial charge in [0.25, 0.3) is 0 Å². The van der Waals surface area contributed by atoms with E-state index in [0.717, 1.165) is 11.3 Å². The predicted molar refractivity (Wildman–Crippen MR) is 87.7 cm³/mol. The normalized spacial score (nSPS) is 10.5. The first-order chi connectivity index (χ1) is 10.3. The van der Waals surface area contributed by atoms with Gasteiger partial charge >= 0.3 is 0 Å². The molecular weight excluding hydrogens is 258 g/mol. The lowest BCUT2D eigenvalue weighted by molar-refractivity contribution is 0.101. The highest BCUT2D eigenvalue weighted by Gasteiger charge is 2.06. The van der Waals surface area contributed by atoms with Gasteiger partial charge in [-0.3, -0.25) is 4.79 Å².